The molecule has 0 spiro atoms. The van der Waals surface area contributed by atoms with Crippen LogP contribution in [0.25, 0.3) is 0 Å². The summed E-state index contributed by atoms with van der Waals surface area (Å²) in [7, 11) is 0. The first-order valence-corrected chi connectivity index (χ1v) is 6.75. The minimum atomic E-state index is -0.732. The lowest BCUT2D eigenvalue weighted by atomic mass is 10.1. The average Bonchev–Trinajstić information content (AvgIpc) is 2.30. The van der Waals surface area contributed by atoms with Crippen LogP contribution in [0.1, 0.15) is 30.0 Å². The molecule has 1 aromatic heterocycles. The van der Waals surface area contributed by atoms with Gasteiger partial charge in [-0.3, -0.25) is 0 Å². The van der Waals surface area contributed by atoms with Gasteiger partial charge >= 0.3 is 0 Å². The number of nitrogens with zero attached hydrogens (tertiary/aromatic N) is 2. The monoisotopic (exact) mass is 278 g/mol. The Morgan fingerprint density at radius 3 is 2.42 bits per heavy atom. The third kappa shape index (κ3) is 3.30. The summed E-state index contributed by atoms with van der Waals surface area (Å²) in [6.45, 7) is 5.35. The van der Waals surface area contributed by atoms with Gasteiger partial charge in [0.15, 0.2) is 5.16 Å². The lowest BCUT2D eigenvalue weighted by Crippen LogP contribution is -1.99. The highest BCUT2D eigenvalue weighted by atomic mass is 32.2. The third-order valence-electron chi connectivity index (χ3n) is 2.60. The first-order valence-electron chi connectivity index (χ1n) is 5.94. The van der Waals surface area contributed by atoms with Crippen LogP contribution < -0.4 is 0 Å². The highest BCUT2D eigenvalue weighted by molar-refractivity contribution is 7.99. The Hall–Kier alpha value is -1.46. The van der Waals surface area contributed by atoms with E-state index in [1.54, 1.807) is 19.1 Å². The average molecular weight is 278 g/mol. The standard InChI is InChI=1S/C14H15FN2OS/c1-8-7-9(2)17-14(16-8)19-13-11(10(3)18)5-4-6-12(13)15/h4-7,10,18H,1-3H3. The van der Waals surface area contributed by atoms with Crippen molar-refractivity contribution in [3.63, 3.8) is 0 Å². The van der Waals surface area contributed by atoms with E-state index >= 15 is 0 Å². The van der Waals surface area contributed by atoms with Crippen molar-refractivity contribution in [1.29, 1.82) is 0 Å². The fraction of sp³-hybridized carbons (Fsp3) is 0.286. The fourth-order valence-corrected chi connectivity index (χ4v) is 2.88. The number of aliphatic hydroxyl groups is 1. The van der Waals surface area contributed by atoms with Gasteiger partial charge in [0, 0.05) is 11.4 Å². The molecule has 5 heteroatoms. The van der Waals surface area contributed by atoms with E-state index in [-0.39, 0.29) is 5.82 Å². The molecule has 2 aromatic rings. The minimum absolute atomic E-state index is 0.369. The van der Waals surface area contributed by atoms with Gasteiger partial charge in [-0.1, -0.05) is 12.1 Å². The van der Waals surface area contributed by atoms with Gasteiger partial charge in [0.2, 0.25) is 0 Å². The maximum atomic E-state index is 13.9. The van der Waals surface area contributed by atoms with Crippen molar-refractivity contribution in [3.8, 4) is 0 Å². The summed E-state index contributed by atoms with van der Waals surface area (Å²) in [5, 5.41) is 10.2. The Morgan fingerprint density at radius 1 is 1.21 bits per heavy atom. The van der Waals surface area contributed by atoms with Crippen molar-refractivity contribution in [1.82, 2.24) is 9.97 Å². The molecule has 3 nitrogen and oxygen atoms in total. The quantitative estimate of drug-likeness (QED) is 0.874. The van der Waals surface area contributed by atoms with Crippen LogP contribution in [0.5, 0.6) is 0 Å². The van der Waals surface area contributed by atoms with Gasteiger partial charge in [0.1, 0.15) is 5.82 Å². The minimum Gasteiger partial charge on any atom is -0.389 e. The predicted octanol–water partition coefficient (Wildman–Crippen LogP) is 3.44. The SMILES string of the molecule is Cc1cc(C)nc(Sc2c(F)cccc2C(C)O)n1. The predicted molar refractivity (Wildman–Crippen MR) is 72.7 cm³/mol. The van der Waals surface area contributed by atoms with E-state index < -0.39 is 6.10 Å². The second-order valence-electron chi connectivity index (χ2n) is 4.37. The molecule has 0 saturated carbocycles. The summed E-state index contributed by atoms with van der Waals surface area (Å²) in [6.07, 6.45) is -0.732. The summed E-state index contributed by atoms with van der Waals surface area (Å²) in [5.41, 5.74) is 2.22. The molecule has 2 rings (SSSR count). The van der Waals surface area contributed by atoms with Gasteiger partial charge in [0.05, 0.1) is 11.0 Å². The Balaban J connectivity index is 2.42. The van der Waals surface area contributed by atoms with Gasteiger partial charge in [0.25, 0.3) is 0 Å². The van der Waals surface area contributed by atoms with Crippen molar-refractivity contribution in [2.45, 2.75) is 36.9 Å². The third-order valence-corrected chi connectivity index (χ3v) is 3.60. The van der Waals surface area contributed by atoms with Crippen LogP contribution >= 0.6 is 11.8 Å². The molecule has 0 saturated heterocycles. The summed E-state index contributed by atoms with van der Waals surface area (Å²) in [6, 6.07) is 6.53. The number of aryl methyl sites for hydroxylation is 2. The van der Waals surface area contributed by atoms with E-state index in [1.807, 2.05) is 19.9 Å². The van der Waals surface area contributed by atoms with Gasteiger partial charge in [-0.25, -0.2) is 14.4 Å². The molecule has 0 amide bonds. The summed E-state index contributed by atoms with van der Waals surface area (Å²) in [4.78, 5) is 8.93. The number of hydrogen-bond acceptors (Lipinski definition) is 4. The number of rotatable bonds is 3. The molecule has 0 aliphatic heterocycles. The molecule has 1 unspecified atom stereocenters. The Bertz CT molecular complexity index is 582. The molecular formula is C14H15FN2OS. The molecule has 1 N–H and O–H groups in total. The second-order valence-corrected chi connectivity index (χ2v) is 5.35. The highest BCUT2D eigenvalue weighted by Crippen LogP contribution is 2.33. The zero-order valence-electron chi connectivity index (χ0n) is 11.0. The number of hydrogen-bond donors (Lipinski definition) is 1. The Labute approximate surface area is 115 Å². The van der Waals surface area contributed by atoms with E-state index in [2.05, 4.69) is 9.97 Å². The van der Waals surface area contributed by atoms with Crippen LogP contribution in [-0.2, 0) is 0 Å². The fourth-order valence-electron chi connectivity index (χ4n) is 1.79. The van der Waals surface area contributed by atoms with Crippen LogP contribution in [-0.4, -0.2) is 15.1 Å². The maximum Gasteiger partial charge on any atom is 0.192 e. The summed E-state index contributed by atoms with van der Waals surface area (Å²) >= 11 is 1.14. The van der Waals surface area contributed by atoms with Crippen LogP contribution in [0.15, 0.2) is 34.3 Å². The summed E-state index contributed by atoms with van der Waals surface area (Å²) < 4.78 is 13.9. The molecule has 19 heavy (non-hydrogen) atoms. The van der Waals surface area contributed by atoms with Crippen molar-refractivity contribution in [2.75, 3.05) is 0 Å². The van der Waals surface area contributed by atoms with Crippen LogP contribution in [0, 0.1) is 19.7 Å². The number of halogens is 1. The highest BCUT2D eigenvalue weighted by Gasteiger charge is 2.15. The largest absolute Gasteiger partial charge is 0.389 e. The normalized spacial score (nSPS) is 12.5. The van der Waals surface area contributed by atoms with Crippen molar-refractivity contribution in [3.05, 3.63) is 47.0 Å². The zero-order valence-corrected chi connectivity index (χ0v) is 11.8. The van der Waals surface area contributed by atoms with E-state index in [0.717, 1.165) is 23.1 Å². The van der Waals surface area contributed by atoms with E-state index in [0.29, 0.717) is 15.6 Å². The zero-order chi connectivity index (χ0) is 14.0. The lowest BCUT2D eigenvalue weighted by Gasteiger charge is -2.12. The van der Waals surface area contributed by atoms with Crippen LogP contribution in [0.4, 0.5) is 4.39 Å². The molecule has 0 aliphatic carbocycles. The lowest BCUT2D eigenvalue weighted by molar-refractivity contribution is 0.195. The molecule has 0 bridgehead atoms. The van der Waals surface area contributed by atoms with Gasteiger partial charge in [-0.15, -0.1) is 0 Å². The van der Waals surface area contributed by atoms with Crippen LogP contribution in [0.2, 0.25) is 0 Å². The first-order chi connectivity index (χ1) is 8.97. The van der Waals surface area contributed by atoms with Gasteiger partial charge in [-0.2, -0.15) is 0 Å². The smallest absolute Gasteiger partial charge is 0.192 e. The number of aliphatic hydroxyl groups excluding tert-OH is 1. The topological polar surface area (TPSA) is 46.0 Å². The first kappa shape index (κ1) is 14.0. The molecular weight excluding hydrogens is 263 g/mol. The Morgan fingerprint density at radius 2 is 1.84 bits per heavy atom. The van der Waals surface area contributed by atoms with Crippen LogP contribution in [0.3, 0.4) is 0 Å². The number of aromatic nitrogens is 2. The molecule has 0 radical (unpaired) electrons. The maximum absolute atomic E-state index is 13.9. The van der Waals surface area contributed by atoms with Crippen molar-refractivity contribution < 1.29 is 9.50 Å². The van der Waals surface area contributed by atoms with Crippen molar-refractivity contribution in [2.24, 2.45) is 0 Å². The molecule has 1 aromatic carbocycles. The van der Waals surface area contributed by atoms with E-state index in [4.69, 9.17) is 0 Å². The Kier molecular flexibility index (Phi) is 4.17. The molecule has 1 atom stereocenters. The second kappa shape index (κ2) is 5.67. The number of benzene rings is 1. The van der Waals surface area contributed by atoms with Gasteiger partial charge in [-0.05, 0) is 50.2 Å². The summed E-state index contributed by atoms with van der Waals surface area (Å²) in [5.74, 6) is -0.369. The van der Waals surface area contributed by atoms with Crippen molar-refractivity contribution >= 4 is 11.8 Å². The van der Waals surface area contributed by atoms with E-state index in [1.165, 1.54) is 6.07 Å². The molecule has 0 fully saturated rings. The molecule has 1 heterocycles. The van der Waals surface area contributed by atoms with Gasteiger partial charge < -0.3 is 5.11 Å². The molecule has 100 valence electrons. The van der Waals surface area contributed by atoms with E-state index in [9.17, 15) is 9.50 Å². The molecule has 0 aliphatic rings.